The van der Waals surface area contributed by atoms with Crippen molar-refractivity contribution in [1.82, 2.24) is 10.2 Å². The molecule has 1 saturated heterocycles. The van der Waals surface area contributed by atoms with Gasteiger partial charge in [-0.05, 0) is 70.7 Å². The van der Waals surface area contributed by atoms with Gasteiger partial charge < -0.3 is 19.7 Å². The van der Waals surface area contributed by atoms with Crippen LogP contribution in [0.3, 0.4) is 0 Å². The molecule has 0 saturated carbocycles. The first kappa shape index (κ1) is 22.7. The van der Waals surface area contributed by atoms with Crippen LogP contribution in [0.4, 0.5) is 0 Å². The van der Waals surface area contributed by atoms with Gasteiger partial charge >= 0.3 is 5.97 Å². The minimum Gasteiger partial charge on any atom is -0.484 e. The fraction of sp³-hybridized carbons (Fsp3) is 0.591. The zero-order valence-electron chi connectivity index (χ0n) is 17.8. The number of benzene rings is 1. The van der Waals surface area contributed by atoms with Crippen molar-refractivity contribution in [2.75, 3.05) is 13.2 Å². The molecule has 7 nitrogen and oxygen atoms in total. The average Bonchev–Trinajstić information content (AvgIpc) is 2.70. The molecule has 1 aliphatic heterocycles. The van der Waals surface area contributed by atoms with E-state index in [4.69, 9.17) is 9.47 Å². The number of carbonyl (C=O) groups is 3. The first-order valence-corrected chi connectivity index (χ1v) is 10.4. The van der Waals surface area contributed by atoms with Crippen LogP contribution >= 0.6 is 0 Å². The van der Waals surface area contributed by atoms with E-state index >= 15 is 0 Å². The molecule has 3 atom stereocenters. The lowest BCUT2D eigenvalue weighted by Crippen LogP contribution is -2.49. The van der Waals surface area contributed by atoms with E-state index < -0.39 is 12.1 Å². The molecule has 3 unspecified atom stereocenters. The maximum Gasteiger partial charge on any atom is 0.338 e. The van der Waals surface area contributed by atoms with Gasteiger partial charge in [-0.2, -0.15) is 0 Å². The third kappa shape index (κ3) is 6.48. The second kappa shape index (κ2) is 10.8. The van der Waals surface area contributed by atoms with Crippen LogP contribution in [-0.4, -0.2) is 54.0 Å². The third-order valence-electron chi connectivity index (χ3n) is 5.14. The molecule has 1 heterocycles. The van der Waals surface area contributed by atoms with Gasteiger partial charge in [0.25, 0.3) is 11.8 Å². The first-order chi connectivity index (χ1) is 13.8. The Balaban J connectivity index is 1.85. The summed E-state index contributed by atoms with van der Waals surface area (Å²) in [4.78, 5) is 38.4. The van der Waals surface area contributed by atoms with Crippen LogP contribution in [0.5, 0.6) is 5.75 Å². The van der Waals surface area contributed by atoms with Gasteiger partial charge in [-0.25, -0.2) is 4.79 Å². The molecule has 2 amide bonds. The molecule has 0 radical (unpaired) electrons. The molecule has 0 aromatic heterocycles. The van der Waals surface area contributed by atoms with Gasteiger partial charge in [0.05, 0.1) is 5.56 Å². The molecule has 160 valence electrons. The van der Waals surface area contributed by atoms with Crippen LogP contribution in [0.15, 0.2) is 24.3 Å². The number of hydrogen-bond donors (Lipinski definition) is 1. The molecule has 1 aromatic carbocycles. The van der Waals surface area contributed by atoms with Crippen molar-refractivity contribution in [3.05, 3.63) is 29.8 Å². The second-order valence-corrected chi connectivity index (χ2v) is 7.58. The Hall–Kier alpha value is -2.57. The van der Waals surface area contributed by atoms with Crippen LogP contribution in [-0.2, 0) is 14.3 Å². The summed E-state index contributed by atoms with van der Waals surface area (Å²) in [5.41, 5.74) is 0.317. The molecule has 0 spiro atoms. The number of amides is 2. The van der Waals surface area contributed by atoms with E-state index in [1.165, 1.54) is 6.92 Å². The van der Waals surface area contributed by atoms with Crippen LogP contribution in [0, 0.1) is 0 Å². The Morgan fingerprint density at radius 1 is 1.14 bits per heavy atom. The van der Waals surface area contributed by atoms with E-state index in [0.717, 1.165) is 25.7 Å². The molecular weight excluding hydrogens is 372 g/mol. The lowest BCUT2D eigenvalue weighted by molar-refractivity contribution is -0.139. The third-order valence-corrected chi connectivity index (χ3v) is 5.14. The molecular formula is C22H32N2O5. The number of ether oxygens (including phenoxy) is 2. The van der Waals surface area contributed by atoms with E-state index in [0.29, 0.717) is 17.9 Å². The quantitative estimate of drug-likeness (QED) is 0.674. The lowest BCUT2D eigenvalue weighted by atomic mass is 9.97. The van der Waals surface area contributed by atoms with Gasteiger partial charge in [-0.15, -0.1) is 0 Å². The summed E-state index contributed by atoms with van der Waals surface area (Å²) in [6.07, 6.45) is 3.12. The molecule has 1 fully saturated rings. The van der Waals surface area contributed by atoms with Crippen molar-refractivity contribution >= 4 is 17.8 Å². The Bertz CT molecular complexity index is 694. The standard InChI is InChI=1S/C22H32N2O5/c1-5-13-23-21(26)17(4)29-22(27)18-9-11-19(12-10-18)28-14-20(25)24-15(2)7-6-8-16(24)3/h9-12,15-17H,5-8,13-14H2,1-4H3,(H,23,26). The summed E-state index contributed by atoms with van der Waals surface area (Å²) >= 11 is 0. The monoisotopic (exact) mass is 404 g/mol. The molecule has 0 bridgehead atoms. The molecule has 1 aliphatic rings. The number of likely N-dealkylation sites (tertiary alicyclic amines) is 1. The normalized spacial score (nSPS) is 19.9. The second-order valence-electron chi connectivity index (χ2n) is 7.58. The predicted molar refractivity (Wildman–Crippen MR) is 110 cm³/mol. The van der Waals surface area contributed by atoms with Crippen molar-refractivity contribution in [1.29, 1.82) is 0 Å². The smallest absolute Gasteiger partial charge is 0.338 e. The number of carbonyl (C=O) groups excluding carboxylic acids is 3. The number of esters is 1. The van der Waals surface area contributed by atoms with Crippen molar-refractivity contribution in [2.45, 2.75) is 71.6 Å². The lowest BCUT2D eigenvalue weighted by Gasteiger charge is -2.38. The minimum absolute atomic E-state index is 0.0277. The number of nitrogens with one attached hydrogen (secondary N) is 1. The van der Waals surface area contributed by atoms with E-state index in [-0.39, 0.29) is 30.5 Å². The zero-order valence-corrected chi connectivity index (χ0v) is 17.8. The largest absolute Gasteiger partial charge is 0.484 e. The highest BCUT2D eigenvalue weighted by molar-refractivity contribution is 5.92. The Morgan fingerprint density at radius 2 is 1.76 bits per heavy atom. The molecule has 1 aromatic rings. The van der Waals surface area contributed by atoms with Gasteiger partial charge in [0, 0.05) is 18.6 Å². The summed E-state index contributed by atoms with van der Waals surface area (Å²) in [6, 6.07) is 6.81. The summed E-state index contributed by atoms with van der Waals surface area (Å²) < 4.78 is 10.8. The zero-order chi connectivity index (χ0) is 21.4. The first-order valence-electron chi connectivity index (χ1n) is 10.4. The van der Waals surface area contributed by atoms with Crippen molar-refractivity contribution < 1.29 is 23.9 Å². The Morgan fingerprint density at radius 3 is 2.34 bits per heavy atom. The van der Waals surface area contributed by atoms with Gasteiger partial charge in [0.15, 0.2) is 12.7 Å². The highest BCUT2D eigenvalue weighted by atomic mass is 16.5. The van der Waals surface area contributed by atoms with E-state index in [9.17, 15) is 14.4 Å². The Kier molecular flexibility index (Phi) is 8.49. The maximum absolute atomic E-state index is 12.5. The minimum atomic E-state index is -0.865. The van der Waals surface area contributed by atoms with Crippen molar-refractivity contribution in [3.63, 3.8) is 0 Å². The maximum atomic E-state index is 12.5. The summed E-state index contributed by atoms with van der Waals surface area (Å²) in [7, 11) is 0. The number of hydrogen-bond acceptors (Lipinski definition) is 5. The van der Waals surface area contributed by atoms with E-state index in [2.05, 4.69) is 19.2 Å². The summed E-state index contributed by atoms with van der Waals surface area (Å²) in [5, 5.41) is 2.69. The molecule has 2 rings (SSSR count). The summed E-state index contributed by atoms with van der Waals surface area (Å²) in [5.74, 6) is -0.427. The SMILES string of the molecule is CCCNC(=O)C(C)OC(=O)c1ccc(OCC(=O)N2C(C)CCCC2C)cc1. The average molecular weight is 405 g/mol. The van der Waals surface area contributed by atoms with Gasteiger partial charge in [-0.3, -0.25) is 9.59 Å². The molecule has 29 heavy (non-hydrogen) atoms. The number of rotatable bonds is 8. The highest BCUT2D eigenvalue weighted by Gasteiger charge is 2.29. The molecule has 1 N–H and O–H groups in total. The van der Waals surface area contributed by atoms with Gasteiger partial charge in [0.2, 0.25) is 0 Å². The van der Waals surface area contributed by atoms with Crippen LogP contribution in [0.1, 0.15) is 63.7 Å². The number of piperidine rings is 1. The van der Waals surface area contributed by atoms with Gasteiger partial charge in [-0.1, -0.05) is 6.92 Å². The van der Waals surface area contributed by atoms with Gasteiger partial charge in [0.1, 0.15) is 5.75 Å². The highest BCUT2D eigenvalue weighted by Crippen LogP contribution is 2.23. The molecule has 7 heteroatoms. The van der Waals surface area contributed by atoms with E-state index in [1.807, 2.05) is 11.8 Å². The fourth-order valence-corrected chi connectivity index (χ4v) is 3.49. The topological polar surface area (TPSA) is 84.9 Å². The summed E-state index contributed by atoms with van der Waals surface area (Å²) in [6.45, 7) is 8.12. The predicted octanol–water partition coefficient (Wildman–Crippen LogP) is 2.93. The van der Waals surface area contributed by atoms with Crippen LogP contribution in [0.2, 0.25) is 0 Å². The van der Waals surface area contributed by atoms with Crippen LogP contribution in [0.25, 0.3) is 0 Å². The number of nitrogens with zero attached hydrogens (tertiary/aromatic N) is 1. The molecule has 0 aliphatic carbocycles. The van der Waals surface area contributed by atoms with E-state index in [1.54, 1.807) is 24.3 Å². The van der Waals surface area contributed by atoms with Crippen molar-refractivity contribution in [2.24, 2.45) is 0 Å². The van der Waals surface area contributed by atoms with Crippen LogP contribution < -0.4 is 10.1 Å². The fourth-order valence-electron chi connectivity index (χ4n) is 3.49. The Labute approximate surface area is 172 Å². The van der Waals surface area contributed by atoms with Crippen molar-refractivity contribution in [3.8, 4) is 5.75 Å².